The van der Waals surface area contributed by atoms with Crippen molar-refractivity contribution < 1.29 is 9.31 Å². The first-order valence-electron chi connectivity index (χ1n) is 12.4. The molecule has 1 aliphatic rings. The van der Waals surface area contributed by atoms with Gasteiger partial charge in [-0.15, -0.1) is 0 Å². The molecular formula is C30H42BNO2S2. The minimum Gasteiger partial charge on any atom is -0.399 e. The van der Waals surface area contributed by atoms with Gasteiger partial charge < -0.3 is 14.2 Å². The van der Waals surface area contributed by atoms with E-state index in [0.29, 0.717) is 0 Å². The lowest BCUT2D eigenvalue weighted by atomic mass is 9.79. The summed E-state index contributed by atoms with van der Waals surface area (Å²) in [4.78, 5) is 5.15. The molecule has 6 heteroatoms. The van der Waals surface area contributed by atoms with E-state index >= 15 is 0 Å². The molecule has 0 spiro atoms. The topological polar surface area (TPSA) is 21.7 Å². The first-order chi connectivity index (χ1) is 16.6. The van der Waals surface area contributed by atoms with E-state index in [1.165, 1.54) is 9.79 Å². The molecule has 0 aromatic heterocycles. The second-order valence-electron chi connectivity index (χ2n) is 12.2. The largest absolute Gasteiger partial charge is 0.494 e. The van der Waals surface area contributed by atoms with Gasteiger partial charge in [-0.3, -0.25) is 0 Å². The van der Waals surface area contributed by atoms with Gasteiger partial charge in [-0.25, -0.2) is 20.1 Å². The molecule has 0 unspecified atom stereocenters. The summed E-state index contributed by atoms with van der Waals surface area (Å²) in [5.74, 6) is 0. The zero-order valence-corrected chi connectivity index (χ0v) is 25.2. The molecule has 0 bridgehead atoms. The van der Waals surface area contributed by atoms with Crippen molar-refractivity contribution in [1.82, 2.24) is 0 Å². The molecule has 0 atom stereocenters. The molecule has 1 saturated heterocycles. The van der Waals surface area contributed by atoms with Crippen LogP contribution >= 0.6 is 20.1 Å². The van der Waals surface area contributed by atoms with E-state index in [1.54, 1.807) is 0 Å². The van der Waals surface area contributed by atoms with Gasteiger partial charge in [0.15, 0.2) is 0 Å². The lowest BCUT2D eigenvalue weighted by molar-refractivity contribution is 0.00578. The highest BCUT2D eigenvalue weighted by Crippen LogP contribution is 2.48. The highest BCUT2D eigenvalue weighted by Gasteiger charge is 2.51. The maximum Gasteiger partial charge on any atom is 0.494 e. The lowest BCUT2D eigenvalue weighted by Crippen LogP contribution is -2.41. The van der Waals surface area contributed by atoms with Crippen LogP contribution in [0, 0.1) is 0 Å². The van der Waals surface area contributed by atoms with Crippen LogP contribution < -0.4 is 10.4 Å². The molecule has 4 rings (SSSR count). The molecule has 194 valence electrons. The van der Waals surface area contributed by atoms with Gasteiger partial charge >= 0.3 is 7.12 Å². The second kappa shape index (κ2) is 9.47. The first kappa shape index (κ1) is 27.2. The van der Waals surface area contributed by atoms with Crippen molar-refractivity contribution in [2.75, 3.05) is 42.4 Å². The van der Waals surface area contributed by atoms with E-state index in [9.17, 15) is 0 Å². The van der Waals surface area contributed by atoms with E-state index < -0.39 is 20.1 Å². The highest BCUT2D eigenvalue weighted by atomic mass is 32.3. The summed E-state index contributed by atoms with van der Waals surface area (Å²) in [7, 11) is -1.91. The maximum absolute atomic E-state index is 6.28. The first-order valence-corrected chi connectivity index (χ1v) is 18.1. The summed E-state index contributed by atoms with van der Waals surface area (Å²) < 4.78 is 12.6. The predicted molar refractivity (Wildman–Crippen MR) is 164 cm³/mol. The standard InChI is InChI=1S/C30H42BNO2S2/c1-29(2)30(3,4)34-31(33-29)23-11-13-24(14-12-23)32(25-15-19-27(20-16-25)35(5,6)7)26-17-21-28(22-18-26)36(8,9)10/h11-22H,1-10H3. The Kier molecular flexibility index (Phi) is 7.15. The Morgan fingerprint density at radius 1 is 0.528 bits per heavy atom. The summed E-state index contributed by atoms with van der Waals surface area (Å²) in [5.41, 5.74) is 3.76. The average molecular weight is 524 g/mol. The normalized spacial score (nSPS) is 18.2. The molecule has 1 fully saturated rings. The number of rotatable bonds is 6. The number of nitrogens with zero attached hydrogens (tertiary/aromatic N) is 1. The third-order valence-corrected chi connectivity index (χ3v) is 10.7. The smallest absolute Gasteiger partial charge is 0.399 e. The summed E-state index contributed by atoms with van der Waals surface area (Å²) >= 11 is 0. The SMILES string of the molecule is CC1(C)OB(c2ccc(N(c3ccc(S(C)(C)C)cc3)c3ccc(S(C)(C)C)cc3)cc2)OC1(C)C. The molecule has 36 heavy (non-hydrogen) atoms. The molecule has 0 radical (unpaired) electrons. The monoisotopic (exact) mass is 523 g/mol. The summed E-state index contributed by atoms with van der Waals surface area (Å²) in [6.07, 6.45) is 14.0. The van der Waals surface area contributed by atoms with Crippen LogP contribution in [0.1, 0.15) is 27.7 Å². The summed E-state index contributed by atoms with van der Waals surface area (Å²) in [6, 6.07) is 26.7. The van der Waals surface area contributed by atoms with E-state index in [-0.39, 0.29) is 18.3 Å². The van der Waals surface area contributed by atoms with E-state index in [2.05, 4.69) is 143 Å². The van der Waals surface area contributed by atoms with Crippen LogP contribution in [0.2, 0.25) is 0 Å². The van der Waals surface area contributed by atoms with Crippen LogP contribution in [-0.4, -0.2) is 55.9 Å². The molecule has 1 heterocycles. The van der Waals surface area contributed by atoms with Crippen LogP contribution in [0.15, 0.2) is 82.6 Å². The van der Waals surface area contributed by atoms with Crippen LogP contribution in [0.4, 0.5) is 17.1 Å². The molecular weight excluding hydrogens is 481 g/mol. The number of benzene rings is 3. The predicted octanol–water partition coefficient (Wildman–Crippen LogP) is 7.56. The molecule has 0 N–H and O–H groups in total. The van der Waals surface area contributed by atoms with Crippen molar-refractivity contribution in [2.24, 2.45) is 0 Å². The van der Waals surface area contributed by atoms with Gasteiger partial charge in [-0.05, 0) is 141 Å². The van der Waals surface area contributed by atoms with Crippen LogP contribution in [0.3, 0.4) is 0 Å². The third-order valence-electron chi connectivity index (χ3n) is 7.28. The van der Waals surface area contributed by atoms with Crippen LogP contribution in [0.25, 0.3) is 0 Å². The minimum absolute atomic E-state index is 0.351. The fraction of sp³-hybridized carbons (Fsp3) is 0.400. The van der Waals surface area contributed by atoms with Gasteiger partial charge in [-0.2, -0.15) is 0 Å². The van der Waals surface area contributed by atoms with Crippen LogP contribution in [-0.2, 0) is 9.31 Å². The van der Waals surface area contributed by atoms with Crippen molar-refractivity contribution in [1.29, 1.82) is 0 Å². The van der Waals surface area contributed by atoms with Gasteiger partial charge in [0.25, 0.3) is 0 Å². The van der Waals surface area contributed by atoms with E-state index in [0.717, 1.165) is 22.5 Å². The Balaban J connectivity index is 1.71. The maximum atomic E-state index is 6.28. The number of hydrogen-bond donors (Lipinski definition) is 0. The zero-order valence-electron chi connectivity index (χ0n) is 23.6. The van der Waals surface area contributed by atoms with Crippen molar-refractivity contribution >= 4 is 49.7 Å². The highest BCUT2D eigenvalue weighted by molar-refractivity contribution is 8.32. The Hall–Kier alpha value is -1.86. The third kappa shape index (κ3) is 5.52. The summed E-state index contributed by atoms with van der Waals surface area (Å²) in [5, 5.41) is 0. The van der Waals surface area contributed by atoms with Crippen LogP contribution in [0.5, 0.6) is 0 Å². The van der Waals surface area contributed by atoms with E-state index in [1.807, 2.05) is 0 Å². The molecule has 0 saturated carbocycles. The Bertz CT molecular complexity index is 1120. The van der Waals surface area contributed by atoms with E-state index in [4.69, 9.17) is 9.31 Å². The fourth-order valence-electron chi connectivity index (χ4n) is 4.21. The summed E-state index contributed by atoms with van der Waals surface area (Å²) in [6.45, 7) is 8.37. The molecule has 0 amide bonds. The fourth-order valence-corrected chi connectivity index (χ4v) is 6.12. The van der Waals surface area contributed by atoms with Crippen molar-refractivity contribution in [3.05, 3.63) is 72.8 Å². The Morgan fingerprint density at radius 3 is 1.14 bits per heavy atom. The molecule has 3 nitrogen and oxygen atoms in total. The van der Waals surface area contributed by atoms with Gasteiger partial charge in [0.2, 0.25) is 0 Å². The Morgan fingerprint density at radius 2 is 0.833 bits per heavy atom. The zero-order chi connectivity index (χ0) is 26.5. The molecule has 3 aromatic carbocycles. The van der Waals surface area contributed by atoms with Gasteiger partial charge in [0.05, 0.1) is 11.2 Å². The second-order valence-corrected chi connectivity index (χ2v) is 20.5. The van der Waals surface area contributed by atoms with Gasteiger partial charge in [0.1, 0.15) is 0 Å². The van der Waals surface area contributed by atoms with Crippen molar-refractivity contribution in [2.45, 2.75) is 48.7 Å². The number of hydrogen-bond acceptors (Lipinski definition) is 3. The number of anilines is 3. The quantitative estimate of drug-likeness (QED) is 0.311. The molecule has 0 aliphatic carbocycles. The lowest BCUT2D eigenvalue weighted by Gasteiger charge is -2.32. The van der Waals surface area contributed by atoms with Crippen molar-refractivity contribution in [3.63, 3.8) is 0 Å². The van der Waals surface area contributed by atoms with Crippen molar-refractivity contribution in [3.8, 4) is 0 Å². The minimum atomic E-state index is -0.774. The molecule has 1 aliphatic heterocycles. The van der Waals surface area contributed by atoms with Gasteiger partial charge in [-0.1, -0.05) is 12.1 Å². The average Bonchev–Trinajstić information content (AvgIpc) is 3.01. The molecule has 3 aromatic rings. The Labute approximate surface area is 222 Å². The van der Waals surface area contributed by atoms with Gasteiger partial charge in [0, 0.05) is 17.1 Å².